The van der Waals surface area contributed by atoms with E-state index in [1.165, 1.54) is 22.4 Å². The molecule has 0 aliphatic carbocycles. The summed E-state index contributed by atoms with van der Waals surface area (Å²) in [5.41, 5.74) is 1.94. The molecule has 43 heavy (non-hydrogen) atoms. The molecule has 2 amide bonds. The minimum Gasteiger partial charge on any atom is -0.495 e. The van der Waals surface area contributed by atoms with Gasteiger partial charge in [-0.15, -0.1) is 0 Å². The number of nitrogens with zero attached hydrogens (tertiary/aromatic N) is 2. The average Bonchev–Trinajstić information content (AvgIpc) is 2.94. The molecule has 0 bridgehead atoms. The number of ether oxygens (including phenoxy) is 1. The summed E-state index contributed by atoms with van der Waals surface area (Å²) in [6, 6.07) is 18.2. The normalized spacial score (nSPS) is 12.1. The first kappa shape index (κ1) is 34.5. The Morgan fingerprint density at radius 3 is 2.19 bits per heavy atom. The van der Waals surface area contributed by atoms with E-state index in [1.54, 1.807) is 30.3 Å². The topological polar surface area (TPSA) is 96.0 Å². The Bertz CT molecular complexity index is 1520. The maximum atomic E-state index is 13.9. The van der Waals surface area contributed by atoms with E-state index in [4.69, 9.17) is 39.5 Å². The maximum Gasteiger partial charge on any atom is 0.243 e. The molecule has 12 heteroatoms. The summed E-state index contributed by atoms with van der Waals surface area (Å²) < 4.78 is 31.8. The fraction of sp³-hybridized carbons (Fsp3) is 0.355. The Labute approximate surface area is 268 Å². The van der Waals surface area contributed by atoms with Gasteiger partial charge in [0.25, 0.3) is 0 Å². The van der Waals surface area contributed by atoms with Crippen LogP contribution in [0.4, 0.5) is 5.69 Å². The van der Waals surface area contributed by atoms with Gasteiger partial charge in [-0.3, -0.25) is 13.9 Å². The van der Waals surface area contributed by atoms with Crippen LogP contribution in [0.25, 0.3) is 0 Å². The van der Waals surface area contributed by atoms with Gasteiger partial charge in [-0.05, 0) is 61.7 Å². The number of sulfonamides is 1. The summed E-state index contributed by atoms with van der Waals surface area (Å²) in [6.07, 6.45) is 1.55. The first-order valence-corrected chi connectivity index (χ1v) is 16.7. The number of anilines is 1. The van der Waals surface area contributed by atoms with Gasteiger partial charge in [0, 0.05) is 32.0 Å². The molecule has 8 nitrogen and oxygen atoms in total. The quantitative estimate of drug-likeness (QED) is 0.216. The second kappa shape index (κ2) is 15.7. The van der Waals surface area contributed by atoms with Crippen LogP contribution in [-0.4, -0.2) is 57.1 Å². The number of halogens is 3. The standard InChI is InChI=1S/C31H36Cl3N3O5S/c1-21(2)35-31(39)28(18-22-9-6-5-7-10-22)36(20-23-12-14-25(32)26(33)17-23)30(38)11-8-16-37(43(4,40)41)24-13-15-29(42-3)27(34)19-24/h5-7,9-10,12-15,17,19,21,28H,8,11,16,18,20H2,1-4H3,(H,35,39). The maximum absolute atomic E-state index is 13.9. The molecule has 0 saturated heterocycles. The number of rotatable bonds is 14. The van der Waals surface area contributed by atoms with E-state index in [0.717, 1.165) is 11.8 Å². The van der Waals surface area contributed by atoms with E-state index >= 15 is 0 Å². The van der Waals surface area contributed by atoms with Crippen LogP contribution in [0.3, 0.4) is 0 Å². The van der Waals surface area contributed by atoms with Crippen molar-refractivity contribution in [1.29, 1.82) is 0 Å². The van der Waals surface area contributed by atoms with E-state index in [-0.39, 0.29) is 55.2 Å². The Hall–Kier alpha value is -2.98. The highest BCUT2D eigenvalue weighted by atomic mass is 35.5. The van der Waals surface area contributed by atoms with E-state index in [9.17, 15) is 18.0 Å². The molecule has 3 rings (SSSR count). The zero-order chi connectivity index (χ0) is 31.7. The minimum atomic E-state index is -3.70. The molecule has 232 valence electrons. The highest BCUT2D eigenvalue weighted by Gasteiger charge is 2.31. The summed E-state index contributed by atoms with van der Waals surface area (Å²) in [4.78, 5) is 29.0. The van der Waals surface area contributed by atoms with Crippen LogP contribution in [0.15, 0.2) is 66.7 Å². The van der Waals surface area contributed by atoms with Crippen molar-refractivity contribution < 1.29 is 22.7 Å². The fourth-order valence-corrected chi connectivity index (χ4v) is 6.11. The third kappa shape index (κ3) is 10.0. The Morgan fingerprint density at radius 1 is 0.907 bits per heavy atom. The minimum absolute atomic E-state index is 0.0164. The number of methoxy groups -OCH3 is 1. The van der Waals surface area contributed by atoms with Gasteiger partial charge in [0.2, 0.25) is 21.8 Å². The summed E-state index contributed by atoms with van der Waals surface area (Å²) in [5.74, 6) is -0.193. The summed E-state index contributed by atoms with van der Waals surface area (Å²) in [5, 5.41) is 3.92. The van der Waals surface area contributed by atoms with E-state index in [1.807, 2.05) is 44.2 Å². The number of nitrogens with one attached hydrogen (secondary N) is 1. The van der Waals surface area contributed by atoms with Crippen LogP contribution in [-0.2, 0) is 32.6 Å². The van der Waals surface area contributed by atoms with Gasteiger partial charge in [0.1, 0.15) is 11.8 Å². The van der Waals surface area contributed by atoms with Crippen molar-refractivity contribution in [2.24, 2.45) is 0 Å². The molecule has 0 aliphatic heterocycles. The summed E-state index contributed by atoms with van der Waals surface area (Å²) >= 11 is 18.6. The molecule has 0 aromatic heterocycles. The smallest absolute Gasteiger partial charge is 0.243 e. The Kier molecular flexibility index (Phi) is 12.6. The highest BCUT2D eigenvalue weighted by molar-refractivity contribution is 7.92. The molecular weight excluding hydrogens is 633 g/mol. The molecule has 0 saturated carbocycles. The monoisotopic (exact) mass is 667 g/mol. The van der Waals surface area contributed by atoms with Gasteiger partial charge in [-0.2, -0.15) is 0 Å². The van der Waals surface area contributed by atoms with Crippen molar-refractivity contribution in [1.82, 2.24) is 10.2 Å². The van der Waals surface area contributed by atoms with Crippen molar-refractivity contribution in [2.45, 2.75) is 51.7 Å². The van der Waals surface area contributed by atoms with Crippen LogP contribution in [0.5, 0.6) is 5.75 Å². The Morgan fingerprint density at radius 2 is 1.60 bits per heavy atom. The molecule has 0 spiro atoms. The van der Waals surface area contributed by atoms with Crippen molar-refractivity contribution in [3.05, 3.63) is 92.9 Å². The molecule has 3 aromatic rings. The number of hydrogen-bond donors (Lipinski definition) is 1. The molecule has 1 unspecified atom stereocenters. The lowest BCUT2D eigenvalue weighted by Gasteiger charge is -2.32. The van der Waals surface area contributed by atoms with E-state index in [2.05, 4.69) is 5.32 Å². The van der Waals surface area contributed by atoms with Gasteiger partial charge in [-0.1, -0.05) is 71.2 Å². The SMILES string of the molecule is COc1ccc(N(CCCC(=O)N(Cc2ccc(Cl)c(Cl)c2)C(Cc2ccccc2)C(=O)NC(C)C)S(C)(=O)=O)cc1Cl. The van der Waals surface area contributed by atoms with Gasteiger partial charge in [0.15, 0.2) is 0 Å². The lowest BCUT2D eigenvalue weighted by Crippen LogP contribution is -2.51. The second-order valence-corrected chi connectivity index (χ2v) is 13.5. The predicted octanol–water partition coefficient (Wildman–Crippen LogP) is 6.37. The molecular formula is C31H36Cl3N3O5S. The van der Waals surface area contributed by atoms with Crippen LogP contribution in [0.1, 0.15) is 37.8 Å². The largest absolute Gasteiger partial charge is 0.495 e. The molecule has 0 aliphatic rings. The second-order valence-electron chi connectivity index (χ2n) is 10.4. The van der Waals surface area contributed by atoms with Crippen LogP contribution in [0.2, 0.25) is 15.1 Å². The number of hydrogen-bond acceptors (Lipinski definition) is 5. The van der Waals surface area contributed by atoms with Crippen LogP contribution >= 0.6 is 34.8 Å². The van der Waals surface area contributed by atoms with Crippen LogP contribution < -0.4 is 14.4 Å². The number of benzene rings is 3. The Balaban J connectivity index is 1.91. The molecule has 0 heterocycles. The fourth-order valence-electron chi connectivity index (χ4n) is 4.58. The summed E-state index contributed by atoms with van der Waals surface area (Å²) in [7, 11) is -2.23. The van der Waals surface area contributed by atoms with Crippen molar-refractivity contribution in [3.8, 4) is 5.75 Å². The molecule has 1 atom stereocenters. The molecule has 0 radical (unpaired) electrons. The molecule has 1 N–H and O–H groups in total. The van der Waals surface area contributed by atoms with Crippen molar-refractivity contribution >= 4 is 62.3 Å². The van der Waals surface area contributed by atoms with Crippen molar-refractivity contribution in [3.63, 3.8) is 0 Å². The van der Waals surface area contributed by atoms with Crippen LogP contribution in [0, 0.1) is 0 Å². The molecule has 0 fully saturated rings. The predicted molar refractivity (Wildman–Crippen MR) is 174 cm³/mol. The lowest BCUT2D eigenvalue weighted by atomic mass is 10.0. The van der Waals surface area contributed by atoms with Gasteiger partial charge < -0.3 is 15.0 Å². The van der Waals surface area contributed by atoms with E-state index in [0.29, 0.717) is 27.0 Å². The number of carbonyl (C=O) groups excluding carboxylic acids is 2. The van der Waals surface area contributed by atoms with Crippen molar-refractivity contribution in [2.75, 3.05) is 24.2 Å². The first-order valence-electron chi connectivity index (χ1n) is 13.7. The van der Waals surface area contributed by atoms with Gasteiger partial charge in [-0.25, -0.2) is 8.42 Å². The molecule has 3 aromatic carbocycles. The van der Waals surface area contributed by atoms with Gasteiger partial charge in [0.05, 0.1) is 34.1 Å². The lowest BCUT2D eigenvalue weighted by molar-refractivity contribution is -0.141. The highest BCUT2D eigenvalue weighted by Crippen LogP contribution is 2.30. The van der Waals surface area contributed by atoms with Gasteiger partial charge >= 0.3 is 0 Å². The third-order valence-electron chi connectivity index (χ3n) is 6.61. The summed E-state index contributed by atoms with van der Waals surface area (Å²) in [6.45, 7) is 3.83. The first-order chi connectivity index (χ1) is 20.3. The third-order valence-corrected chi connectivity index (χ3v) is 8.84. The zero-order valence-electron chi connectivity index (χ0n) is 24.5. The zero-order valence-corrected chi connectivity index (χ0v) is 27.6. The van der Waals surface area contributed by atoms with E-state index < -0.39 is 16.1 Å². The number of amides is 2. The number of carbonyl (C=O) groups is 2. The average molecular weight is 669 g/mol.